The number of carboxylic acids is 1. The lowest BCUT2D eigenvalue weighted by molar-refractivity contribution is 0.0688. The zero-order chi connectivity index (χ0) is 14.3. The predicted octanol–water partition coefficient (Wildman–Crippen LogP) is 3.87. The van der Waals surface area contributed by atoms with E-state index < -0.39 is 5.97 Å². The van der Waals surface area contributed by atoms with E-state index in [4.69, 9.17) is 11.6 Å². The first-order valence-corrected chi connectivity index (χ1v) is 7.54. The van der Waals surface area contributed by atoms with E-state index in [1.165, 1.54) is 0 Å². The van der Waals surface area contributed by atoms with Gasteiger partial charge in [0.1, 0.15) is 0 Å². The SMILES string of the molecule is O=C(O)c1nn(-c2ccc(Cl)cc2Br)c2c1CCCC2. The van der Waals surface area contributed by atoms with Gasteiger partial charge in [-0.15, -0.1) is 0 Å². The first-order chi connectivity index (χ1) is 9.58. The van der Waals surface area contributed by atoms with Crippen molar-refractivity contribution < 1.29 is 9.90 Å². The topological polar surface area (TPSA) is 55.1 Å². The first kappa shape index (κ1) is 13.6. The molecule has 4 nitrogen and oxygen atoms in total. The summed E-state index contributed by atoms with van der Waals surface area (Å²) in [4.78, 5) is 11.3. The van der Waals surface area contributed by atoms with Gasteiger partial charge in [-0.3, -0.25) is 0 Å². The van der Waals surface area contributed by atoms with Crippen LogP contribution in [0.1, 0.15) is 34.6 Å². The third-order valence-electron chi connectivity index (χ3n) is 3.52. The molecule has 0 saturated carbocycles. The molecule has 0 fully saturated rings. The van der Waals surface area contributed by atoms with Crippen molar-refractivity contribution in [3.8, 4) is 5.69 Å². The molecule has 2 aromatic rings. The van der Waals surface area contributed by atoms with Crippen LogP contribution < -0.4 is 0 Å². The fourth-order valence-corrected chi connectivity index (χ4v) is 3.47. The van der Waals surface area contributed by atoms with E-state index in [1.54, 1.807) is 16.8 Å². The molecule has 1 aromatic carbocycles. The van der Waals surface area contributed by atoms with Crippen LogP contribution in [0.15, 0.2) is 22.7 Å². The van der Waals surface area contributed by atoms with Crippen LogP contribution in [0.25, 0.3) is 5.69 Å². The molecule has 1 aliphatic carbocycles. The van der Waals surface area contributed by atoms with Crippen molar-refractivity contribution in [2.45, 2.75) is 25.7 Å². The summed E-state index contributed by atoms with van der Waals surface area (Å²) in [6, 6.07) is 5.41. The normalized spacial score (nSPS) is 14.1. The number of hydrogen-bond donors (Lipinski definition) is 1. The number of aromatic nitrogens is 2. The summed E-state index contributed by atoms with van der Waals surface area (Å²) in [6.45, 7) is 0. The molecule has 1 N–H and O–H groups in total. The maximum absolute atomic E-state index is 11.3. The zero-order valence-corrected chi connectivity index (χ0v) is 12.9. The minimum Gasteiger partial charge on any atom is -0.476 e. The van der Waals surface area contributed by atoms with Gasteiger partial charge in [0.15, 0.2) is 5.69 Å². The molecule has 1 aromatic heterocycles. The predicted molar refractivity (Wildman–Crippen MR) is 79.9 cm³/mol. The molecule has 0 unspecified atom stereocenters. The highest BCUT2D eigenvalue weighted by Crippen LogP contribution is 2.31. The molecule has 20 heavy (non-hydrogen) atoms. The van der Waals surface area contributed by atoms with Gasteiger partial charge in [0.2, 0.25) is 0 Å². The van der Waals surface area contributed by atoms with Crippen molar-refractivity contribution in [3.05, 3.63) is 44.6 Å². The molecular formula is C14H12BrClN2O2. The van der Waals surface area contributed by atoms with E-state index in [2.05, 4.69) is 21.0 Å². The Morgan fingerprint density at radius 2 is 2.10 bits per heavy atom. The van der Waals surface area contributed by atoms with Crippen molar-refractivity contribution in [2.75, 3.05) is 0 Å². The molecule has 0 saturated heterocycles. The van der Waals surface area contributed by atoms with Crippen molar-refractivity contribution >= 4 is 33.5 Å². The second-order valence-corrected chi connectivity index (χ2v) is 6.08. The van der Waals surface area contributed by atoms with E-state index >= 15 is 0 Å². The van der Waals surface area contributed by atoms with Crippen molar-refractivity contribution in [2.24, 2.45) is 0 Å². The fraction of sp³-hybridized carbons (Fsp3) is 0.286. The van der Waals surface area contributed by atoms with Crippen LogP contribution >= 0.6 is 27.5 Å². The third-order valence-corrected chi connectivity index (χ3v) is 4.39. The molecule has 3 rings (SSSR count). The average molecular weight is 356 g/mol. The first-order valence-electron chi connectivity index (χ1n) is 6.37. The average Bonchev–Trinajstić information content (AvgIpc) is 2.78. The second-order valence-electron chi connectivity index (χ2n) is 4.79. The van der Waals surface area contributed by atoms with E-state index in [1.807, 2.05) is 6.07 Å². The maximum Gasteiger partial charge on any atom is 0.356 e. The van der Waals surface area contributed by atoms with Crippen molar-refractivity contribution in [3.63, 3.8) is 0 Å². The molecule has 0 radical (unpaired) electrons. The van der Waals surface area contributed by atoms with Crippen LogP contribution in [-0.4, -0.2) is 20.9 Å². The lowest BCUT2D eigenvalue weighted by Gasteiger charge is -2.14. The van der Waals surface area contributed by atoms with Gasteiger partial charge in [-0.05, 0) is 59.8 Å². The smallest absolute Gasteiger partial charge is 0.356 e. The Balaban J connectivity index is 2.21. The number of hydrogen-bond acceptors (Lipinski definition) is 2. The van der Waals surface area contributed by atoms with Gasteiger partial charge in [-0.2, -0.15) is 5.10 Å². The van der Waals surface area contributed by atoms with Crippen LogP contribution in [0.5, 0.6) is 0 Å². The van der Waals surface area contributed by atoms with E-state index in [0.717, 1.165) is 47.1 Å². The summed E-state index contributed by atoms with van der Waals surface area (Å²) >= 11 is 9.41. The summed E-state index contributed by atoms with van der Waals surface area (Å²) in [5.74, 6) is -0.966. The number of aromatic carboxylic acids is 1. The standard InChI is InChI=1S/C14H12BrClN2O2/c15-10-7-8(16)5-6-12(10)18-11-4-2-1-3-9(11)13(17-18)14(19)20/h5-7H,1-4H2,(H,19,20). The monoisotopic (exact) mass is 354 g/mol. The fourth-order valence-electron chi connectivity index (χ4n) is 2.62. The van der Waals surface area contributed by atoms with Crippen LogP contribution in [0.3, 0.4) is 0 Å². The molecular weight excluding hydrogens is 344 g/mol. The van der Waals surface area contributed by atoms with Gasteiger partial charge in [-0.25, -0.2) is 9.48 Å². The number of halogens is 2. The quantitative estimate of drug-likeness (QED) is 0.890. The Bertz CT molecular complexity index is 697. The van der Waals surface area contributed by atoms with Gasteiger partial charge < -0.3 is 5.11 Å². The number of benzene rings is 1. The molecule has 0 spiro atoms. The Hall–Kier alpha value is -1.33. The van der Waals surface area contributed by atoms with E-state index in [0.29, 0.717) is 5.02 Å². The lowest BCUT2D eigenvalue weighted by atomic mass is 9.95. The largest absolute Gasteiger partial charge is 0.476 e. The molecule has 104 valence electrons. The van der Waals surface area contributed by atoms with E-state index in [-0.39, 0.29) is 5.69 Å². The summed E-state index contributed by atoms with van der Waals surface area (Å²) in [5, 5.41) is 14.2. The summed E-state index contributed by atoms with van der Waals surface area (Å²) < 4.78 is 2.54. The second kappa shape index (κ2) is 5.22. The molecule has 1 heterocycles. The zero-order valence-electron chi connectivity index (χ0n) is 10.6. The van der Waals surface area contributed by atoms with Gasteiger partial charge in [0, 0.05) is 20.8 Å². The van der Waals surface area contributed by atoms with Gasteiger partial charge in [0.25, 0.3) is 0 Å². The number of nitrogens with zero attached hydrogens (tertiary/aromatic N) is 2. The highest BCUT2D eigenvalue weighted by molar-refractivity contribution is 9.10. The molecule has 0 aliphatic heterocycles. The minimum absolute atomic E-state index is 0.168. The number of carboxylic acid groups (broad SMARTS) is 1. The van der Waals surface area contributed by atoms with Crippen LogP contribution in [0.4, 0.5) is 0 Å². The number of rotatable bonds is 2. The Kier molecular flexibility index (Phi) is 3.56. The van der Waals surface area contributed by atoms with Crippen LogP contribution in [0.2, 0.25) is 5.02 Å². The van der Waals surface area contributed by atoms with Crippen molar-refractivity contribution in [1.29, 1.82) is 0 Å². The van der Waals surface area contributed by atoms with Crippen LogP contribution in [0, 0.1) is 0 Å². The summed E-state index contributed by atoms with van der Waals surface area (Å²) in [7, 11) is 0. The summed E-state index contributed by atoms with van der Waals surface area (Å²) in [6.07, 6.45) is 3.70. The Morgan fingerprint density at radius 3 is 2.80 bits per heavy atom. The Morgan fingerprint density at radius 1 is 1.35 bits per heavy atom. The maximum atomic E-state index is 11.3. The van der Waals surface area contributed by atoms with E-state index in [9.17, 15) is 9.90 Å². The van der Waals surface area contributed by atoms with Crippen LogP contribution in [-0.2, 0) is 12.8 Å². The van der Waals surface area contributed by atoms with Gasteiger partial charge in [0.05, 0.1) is 5.69 Å². The summed E-state index contributed by atoms with van der Waals surface area (Å²) in [5.41, 5.74) is 2.85. The molecule has 1 aliphatic rings. The molecule has 0 amide bonds. The number of fused-ring (bicyclic) bond motifs is 1. The highest BCUT2D eigenvalue weighted by atomic mass is 79.9. The third kappa shape index (κ3) is 2.25. The molecule has 6 heteroatoms. The lowest BCUT2D eigenvalue weighted by Crippen LogP contribution is -2.08. The highest BCUT2D eigenvalue weighted by Gasteiger charge is 2.25. The Labute approximate surface area is 129 Å². The number of carbonyl (C=O) groups is 1. The van der Waals surface area contributed by atoms with Gasteiger partial charge >= 0.3 is 5.97 Å². The minimum atomic E-state index is -0.966. The molecule has 0 bridgehead atoms. The molecule has 0 atom stereocenters. The van der Waals surface area contributed by atoms with Crippen molar-refractivity contribution in [1.82, 2.24) is 9.78 Å². The van der Waals surface area contributed by atoms with Gasteiger partial charge in [-0.1, -0.05) is 11.6 Å².